The maximum atomic E-state index is 12.7. The van der Waals surface area contributed by atoms with Crippen molar-refractivity contribution in [1.82, 2.24) is 4.90 Å². The minimum absolute atomic E-state index is 0.00378. The molecule has 174 valence electrons. The number of hydrogen-bond acceptors (Lipinski definition) is 5. The van der Waals surface area contributed by atoms with Crippen LogP contribution >= 0.6 is 0 Å². The standard InChI is InChI=1S/C22H22N4O4S.C2H6/c1-26(14-30-18-6-4-5-17(13-18)21(23)24)22(27)16-11-9-15(10-12-16)19-7-2-3-8-20(19)31(25,28)29;1-2/h2-13H,14H2,1H3,(H3,23,24)(H2,25,28,29);1-2H3. The van der Waals surface area contributed by atoms with Crippen LogP contribution in [0.3, 0.4) is 0 Å². The van der Waals surface area contributed by atoms with Crippen LogP contribution in [0.1, 0.15) is 29.8 Å². The predicted octanol–water partition coefficient (Wildman–Crippen LogP) is 3.42. The van der Waals surface area contributed by atoms with Crippen molar-refractivity contribution in [3.05, 3.63) is 83.9 Å². The number of nitrogens with zero attached hydrogens (tertiary/aromatic N) is 1. The summed E-state index contributed by atoms with van der Waals surface area (Å²) >= 11 is 0. The van der Waals surface area contributed by atoms with Crippen molar-refractivity contribution in [1.29, 1.82) is 5.41 Å². The number of nitrogens with one attached hydrogen (secondary N) is 1. The first-order valence-corrected chi connectivity index (χ1v) is 11.8. The number of rotatable bonds is 7. The van der Waals surface area contributed by atoms with Crippen LogP contribution in [0.25, 0.3) is 11.1 Å². The van der Waals surface area contributed by atoms with E-state index >= 15 is 0 Å². The normalized spacial score (nSPS) is 10.5. The smallest absolute Gasteiger partial charge is 0.256 e. The summed E-state index contributed by atoms with van der Waals surface area (Å²) in [7, 11) is -2.28. The van der Waals surface area contributed by atoms with Crippen LogP contribution in [0.15, 0.2) is 77.7 Å². The summed E-state index contributed by atoms with van der Waals surface area (Å²) in [5, 5.41) is 12.8. The van der Waals surface area contributed by atoms with Gasteiger partial charge < -0.3 is 15.4 Å². The highest BCUT2D eigenvalue weighted by Crippen LogP contribution is 2.27. The first kappa shape index (κ1) is 25.6. The summed E-state index contributed by atoms with van der Waals surface area (Å²) in [4.78, 5) is 14.1. The number of nitrogens with two attached hydrogens (primary N) is 2. The molecule has 0 unspecified atom stereocenters. The van der Waals surface area contributed by atoms with Gasteiger partial charge in [0.05, 0.1) is 4.90 Å². The lowest BCUT2D eigenvalue weighted by Crippen LogP contribution is -2.30. The fraction of sp³-hybridized carbons (Fsp3) is 0.167. The van der Waals surface area contributed by atoms with Gasteiger partial charge in [0.25, 0.3) is 5.91 Å². The molecule has 0 aromatic heterocycles. The fourth-order valence-electron chi connectivity index (χ4n) is 2.95. The first-order chi connectivity index (χ1) is 15.7. The minimum Gasteiger partial charge on any atom is -0.473 e. The van der Waals surface area contributed by atoms with E-state index in [9.17, 15) is 13.2 Å². The van der Waals surface area contributed by atoms with Gasteiger partial charge in [-0.3, -0.25) is 10.2 Å². The lowest BCUT2D eigenvalue weighted by Gasteiger charge is -2.18. The fourth-order valence-corrected chi connectivity index (χ4v) is 3.71. The zero-order valence-electron chi connectivity index (χ0n) is 18.8. The third-order valence-electron chi connectivity index (χ3n) is 4.55. The van der Waals surface area contributed by atoms with Crippen LogP contribution in [-0.4, -0.2) is 38.8 Å². The van der Waals surface area contributed by atoms with Gasteiger partial charge in [-0.1, -0.05) is 56.3 Å². The second kappa shape index (κ2) is 11.3. The number of hydrogen-bond donors (Lipinski definition) is 3. The Bertz CT molecular complexity index is 1230. The Morgan fingerprint density at radius 3 is 2.21 bits per heavy atom. The zero-order valence-corrected chi connectivity index (χ0v) is 19.6. The molecule has 9 heteroatoms. The van der Waals surface area contributed by atoms with E-state index < -0.39 is 10.0 Å². The van der Waals surface area contributed by atoms with Crippen molar-refractivity contribution in [3.8, 4) is 16.9 Å². The number of amides is 1. The number of primary sulfonamides is 1. The van der Waals surface area contributed by atoms with E-state index in [2.05, 4.69) is 0 Å². The number of ether oxygens (including phenoxy) is 1. The highest BCUT2D eigenvalue weighted by atomic mass is 32.2. The van der Waals surface area contributed by atoms with Gasteiger partial charge in [0.15, 0.2) is 6.73 Å². The summed E-state index contributed by atoms with van der Waals surface area (Å²) in [6, 6.07) is 19.7. The van der Waals surface area contributed by atoms with Gasteiger partial charge in [0.1, 0.15) is 11.6 Å². The summed E-state index contributed by atoms with van der Waals surface area (Å²) in [6.07, 6.45) is 0. The maximum absolute atomic E-state index is 12.7. The SMILES string of the molecule is CC.CN(COc1cccc(C(=N)N)c1)C(=O)c1ccc(-c2ccccc2S(N)(=O)=O)cc1. The van der Waals surface area contributed by atoms with E-state index in [0.717, 1.165) is 0 Å². The number of carbonyl (C=O) groups is 1. The highest BCUT2D eigenvalue weighted by Gasteiger charge is 2.16. The lowest BCUT2D eigenvalue weighted by atomic mass is 10.0. The molecular weight excluding hydrogens is 440 g/mol. The molecule has 3 rings (SSSR count). The molecule has 0 aliphatic rings. The molecule has 5 N–H and O–H groups in total. The lowest BCUT2D eigenvalue weighted by molar-refractivity contribution is 0.0665. The summed E-state index contributed by atoms with van der Waals surface area (Å²) < 4.78 is 29.3. The molecule has 0 bridgehead atoms. The van der Waals surface area contributed by atoms with Crippen molar-refractivity contribution in [2.45, 2.75) is 18.7 Å². The topological polar surface area (TPSA) is 140 Å². The number of nitrogen functional groups attached to an aromatic ring is 1. The van der Waals surface area contributed by atoms with Crippen molar-refractivity contribution < 1.29 is 17.9 Å². The van der Waals surface area contributed by atoms with Crippen LogP contribution in [0.2, 0.25) is 0 Å². The number of sulfonamides is 1. The third kappa shape index (κ3) is 6.64. The van der Waals surface area contributed by atoms with Gasteiger partial charge >= 0.3 is 0 Å². The monoisotopic (exact) mass is 468 g/mol. The molecule has 0 atom stereocenters. The van der Waals surface area contributed by atoms with E-state index in [4.69, 9.17) is 21.0 Å². The minimum atomic E-state index is -3.88. The van der Waals surface area contributed by atoms with Gasteiger partial charge in [0.2, 0.25) is 10.0 Å². The molecule has 3 aromatic rings. The molecule has 1 amide bonds. The van der Waals surface area contributed by atoms with Crippen molar-refractivity contribution in [2.75, 3.05) is 13.8 Å². The third-order valence-corrected chi connectivity index (χ3v) is 5.52. The van der Waals surface area contributed by atoms with E-state index in [1.807, 2.05) is 13.8 Å². The van der Waals surface area contributed by atoms with E-state index in [1.165, 1.54) is 11.0 Å². The van der Waals surface area contributed by atoms with E-state index in [1.54, 1.807) is 73.8 Å². The van der Waals surface area contributed by atoms with Crippen LogP contribution in [0, 0.1) is 5.41 Å². The molecule has 0 fully saturated rings. The second-order valence-electron chi connectivity index (χ2n) is 6.84. The molecule has 3 aromatic carbocycles. The number of benzene rings is 3. The molecule has 0 radical (unpaired) electrons. The van der Waals surface area contributed by atoms with Gasteiger partial charge in [0, 0.05) is 23.7 Å². The van der Waals surface area contributed by atoms with Crippen LogP contribution in [-0.2, 0) is 10.0 Å². The molecule has 0 aliphatic carbocycles. The largest absolute Gasteiger partial charge is 0.473 e. The van der Waals surface area contributed by atoms with Crippen LogP contribution in [0.4, 0.5) is 0 Å². The van der Waals surface area contributed by atoms with Crippen molar-refractivity contribution >= 4 is 21.8 Å². The molecule has 0 saturated heterocycles. The van der Waals surface area contributed by atoms with Gasteiger partial charge in [-0.15, -0.1) is 0 Å². The molecule has 0 heterocycles. The molecule has 8 nitrogen and oxygen atoms in total. The average Bonchev–Trinajstić information content (AvgIpc) is 2.83. The molecule has 0 aliphatic heterocycles. The van der Waals surface area contributed by atoms with Gasteiger partial charge in [-0.05, 0) is 35.9 Å². The molecule has 0 saturated carbocycles. The highest BCUT2D eigenvalue weighted by molar-refractivity contribution is 7.89. The van der Waals surface area contributed by atoms with Gasteiger partial charge in [-0.25, -0.2) is 13.6 Å². The quantitative estimate of drug-likeness (QED) is 0.277. The Hall–Kier alpha value is -3.69. The Morgan fingerprint density at radius 1 is 0.970 bits per heavy atom. The molecule has 33 heavy (non-hydrogen) atoms. The van der Waals surface area contributed by atoms with Crippen molar-refractivity contribution in [3.63, 3.8) is 0 Å². The Labute approximate surface area is 194 Å². The average molecular weight is 469 g/mol. The van der Waals surface area contributed by atoms with Crippen LogP contribution < -0.4 is 15.6 Å². The predicted molar refractivity (Wildman–Crippen MR) is 130 cm³/mol. The van der Waals surface area contributed by atoms with E-state index in [-0.39, 0.29) is 23.4 Å². The summed E-state index contributed by atoms with van der Waals surface area (Å²) in [5.41, 5.74) is 7.51. The van der Waals surface area contributed by atoms with E-state index in [0.29, 0.717) is 28.0 Å². The summed E-state index contributed by atoms with van der Waals surface area (Å²) in [6.45, 7) is 4.00. The summed E-state index contributed by atoms with van der Waals surface area (Å²) in [5.74, 6) is 0.148. The Kier molecular flexibility index (Phi) is 8.72. The van der Waals surface area contributed by atoms with Crippen LogP contribution in [0.5, 0.6) is 5.75 Å². The van der Waals surface area contributed by atoms with Gasteiger partial charge in [-0.2, -0.15) is 0 Å². The van der Waals surface area contributed by atoms with Crippen molar-refractivity contribution in [2.24, 2.45) is 10.9 Å². The molecular formula is C24H28N4O4S. The Morgan fingerprint density at radius 2 is 1.61 bits per heavy atom. The maximum Gasteiger partial charge on any atom is 0.256 e. The zero-order chi connectivity index (χ0) is 24.6. The second-order valence-corrected chi connectivity index (χ2v) is 8.37. The number of carbonyl (C=O) groups excluding carboxylic acids is 1. The first-order valence-electron chi connectivity index (χ1n) is 10.2. The number of amidine groups is 1. The molecule has 0 spiro atoms. The Balaban J connectivity index is 0.00000187.